The number of hydrogen-bond acceptors (Lipinski definition) is 5. The fraction of sp³-hybridized carbons (Fsp3) is 0.517. The van der Waals surface area contributed by atoms with Gasteiger partial charge in [-0.2, -0.15) is 0 Å². The van der Waals surface area contributed by atoms with E-state index in [0.29, 0.717) is 18.4 Å². The summed E-state index contributed by atoms with van der Waals surface area (Å²) in [6.45, 7) is 3.80. The first kappa shape index (κ1) is 21.0. The van der Waals surface area contributed by atoms with Crippen LogP contribution in [0.3, 0.4) is 0 Å². The molecule has 7 atom stereocenters. The van der Waals surface area contributed by atoms with Crippen molar-refractivity contribution in [1.29, 1.82) is 0 Å². The number of hydrogen-bond donors (Lipinski definition) is 1. The monoisotopic (exact) mass is 459 g/mol. The normalized spacial score (nSPS) is 39.6. The van der Waals surface area contributed by atoms with Crippen LogP contribution in [-0.4, -0.2) is 54.6 Å². The molecule has 2 spiro atoms. The average molecular weight is 460 g/mol. The van der Waals surface area contributed by atoms with Crippen LogP contribution in [0.5, 0.6) is 11.5 Å². The Morgan fingerprint density at radius 1 is 1.18 bits per heavy atom. The van der Waals surface area contributed by atoms with Gasteiger partial charge in [0.05, 0.1) is 18.1 Å². The van der Waals surface area contributed by atoms with Crippen LogP contribution in [0.4, 0.5) is 0 Å². The Bertz CT molecular complexity index is 1180. The predicted octanol–water partition coefficient (Wildman–Crippen LogP) is 4.22. The van der Waals surface area contributed by atoms with Gasteiger partial charge in [-0.25, -0.2) is 0 Å². The minimum absolute atomic E-state index is 0.00679. The number of methoxy groups -OCH3 is 1. The molecule has 0 radical (unpaired) electrons. The highest BCUT2D eigenvalue weighted by molar-refractivity contribution is 5.65. The maximum Gasteiger partial charge on any atom is 0.165 e. The first-order valence-corrected chi connectivity index (χ1v) is 12.6. The number of fused-ring (bicyclic) bond motifs is 1. The van der Waals surface area contributed by atoms with Crippen LogP contribution in [0.2, 0.25) is 0 Å². The minimum Gasteiger partial charge on any atom is -0.504 e. The number of rotatable bonds is 5. The van der Waals surface area contributed by atoms with Crippen molar-refractivity contribution in [3.8, 4) is 11.5 Å². The van der Waals surface area contributed by atoms with Gasteiger partial charge in [-0.1, -0.05) is 48.6 Å². The fourth-order valence-corrected chi connectivity index (χ4v) is 8.56. The predicted molar refractivity (Wildman–Crippen MR) is 129 cm³/mol. The van der Waals surface area contributed by atoms with Gasteiger partial charge >= 0.3 is 0 Å². The molecule has 0 aromatic heterocycles. The molecular formula is C29H33NO4. The van der Waals surface area contributed by atoms with Crippen molar-refractivity contribution in [2.75, 3.05) is 20.7 Å². The lowest BCUT2D eigenvalue weighted by Crippen LogP contribution is -2.79. The Hall–Kier alpha value is -2.34. The topological polar surface area (TPSA) is 51.2 Å². The molecule has 8 rings (SSSR count). The molecule has 2 aromatic carbocycles. The Kier molecular flexibility index (Phi) is 4.24. The van der Waals surface area contributed by atoms with Gasteiger partial charge in [0.15, 0.2) is 11.5 Å². The van der Waals surface area contributed by atoms with Crippen LogP contribution in [0.1, 0.15) is 36.5 Å². The number of phenols is 1. The Balaban J connectivity index is 1.36. The van der Waals surface area contributed by atoms with E-state index in [1.165, 1.54) is 16.7 Å². The molecule has 2 aromatic rings. The Labute approximate surface area is 201 Å². The largest absolute Gasteiger partial charge is 0.504 e. The summed E-state index contributed by atoms with van der Waals surface area (Å²) in [4.78, 5) is 2.55. The summed E-state index contributed by atoms with van der Waals surface area (Å²) in [6.07, 6.45) is 7.58. The molecule has 2 aliphatic heterocycles. The summed E-state index contributed by atoms with van der Waals surface area (Å²) in [6, 6.07) is 14.7. The molecule has 2 heterocycles. The van der Waals surface area contributed by atoms with Gasteiger partial charge in [-0.15, -0.1) is 0 Å². The smallest absolute Gasteiger partial charge is 0.165 e. The Morgan fingerprint density at radius 3 is 2.79 bits per heavy atom. The van der Waals surface area contributed by atoms with Crippen LogP contribution < -0.4 is 4.74 Å². The van der Waals surface area contributed by atoms with E-state index in [1.54, 1.807) is 0 Å². The van der Waals surface area contributed by atoms with Crippen molar-refractivity contribution in [1.82, 2.24) is 4.90 Å². The number of piperidine rings is 1. The van der Waals surface area contributed by atoms with Crippen molar-refractivity contribution >= 4 is 0 Å². The van der Waals surface area contributed by atoms with E-state index in [4.69, 9.17) is 14.2 Å². The molecule has 1 N–H and O–H groups in total. The lowest BCUT2D eigenvalue weighted by atomic mass is 9.37. The average Bonchev–Trinajstić information content (AvgIpc) is 3.24. The van der Waals surface area contributed by atoms with Crippen LogP contribution in [0, 0.1) is 11.3 Å². The quantitative estimate of drug-likeness (QED) is 0.679. The van der Waals surface area contributed by atoms with Crippen molar-refractivity contribution < 1.29 is 19.3 Å². The zero-order valence-electron chi connectivity index (χ0n) is 20.2. The summed E-state index contributed by atoms with van der Waals surface area (Å²) in [7, 11) is 4.09. The van der Waals surface area contributed by atoms with Gasteiger partial charge in [0.1, 0.15) is 11.7 Å². The van der Waals surface area contributed by atoms with Gasteiger partial charge in [0.2, 0.25) is 0 Å². The number of ether oxygens (including phenoxy) is 3. The highest BCUT2D eigenvalue weighted by atomic mass is 16.6. The zero-order valence-corrected chi connectivity index (χ0v) is 20.2. The lowest BCUT2D eigenvalue weighted by molar-refractivity contribution is -0.234. The molecule has 6 aliphatic rings. The number of aromatic hydroxyl groups is 1. The Morgan fingerprint density at radius 2 is 2.00 bits per heavy atom. The molecule has 0 unspecified atom stereocenters. The maximum absolute atomic E-state index is 10.9. The highest BCUT2D eigenvalue weighted by Crippen LogP contribution is 2.74. The van der Waals surface area contributed by atoms with E-state index in [1.807, 2.05) is 19.2 Å². The molecule has 5 nitrogen and oxygen atoms in total. The maximum atomic E-state index is 10.9. The summed E-state index contributed by atoms with van der Waals surface area (Å²) >= 11 is 0. The van der Waals surface area contributed by atoms with E-state index in [0.717, 1.165) is 25.8 Å². The summed E-state index contributed by atoms with van der Waals surface area (Å²) in [5, 5.41) is 10.9. The molecule has 5 heteroatoms. The van der Waals surface area contributed by atoms with E-state index >= 15 is 0 Å². The molecule has 178 valence electrons. The molecule has 34 heavy (non-hydrogen) atoms. The second-order valence-electron chi connectivity index (χ2n) is 11.1. The zero-order chi connectivity index (χ0) is 23.3. The fourth-order valence-electron chi connectivity index (χ4n) is 8.56. The molecule has 1 saturated heterocycles. The molecule has 2 fully saturated rings. The summed E-state index contributed by atoms with van der Waals surface area (Å²) in [5.41, 5.74) is 2.93. The second kappa shape index (κ2) is 6.87. The molecule has 4 aliphatic carbocycles. The lowest BCUT2D eigenvalue weighted by Gasteiger charge is -2.71. The minimum atomic E-state index is -0.599. The summed E-state index contributed by atoms with van der Waals surface area (Å²) in [5.74, 6) is 1.10. The number of likely N-dealkylation sites (N-methyl/N-ethyl adjacent to an activating group) is 1. The van der Waals surface area contributed by atoms with Crippen molar-refractivity contribution in [3.05, 3.63) is 71.3 Å². The molecule has 0 amide bonds. The van der Waals surface area contributed by atoms with Crippen LogP contribution in [-0.2, 0) is 27.9 Å². The van der Waals surface area contributed by atoms with Gasteiger partial charge in [0, 0.05) is 30.0 Å². The molecule has 4 bridgehead atoms. The van der Waals surface area contributed by atoms with Gasteiger partial charge in [-0.3, -0.25) is 0 Å². The third kappa shape index (κ3) is 2.27. The number of phenolic OH excluding ortho intramolecular Hbond substituents is 1. The number of nitrogens with zero attached hydrogens (tertiary/aromatic N) is 1. The number of likely N-dealkylation sites (tertiary alicyclic amines) is 1. The third-order valence-electron chi connectivity index (χ3n) is 10.0. The van der Waals surface area contributed by atoms with Crippen LogP contribution in [0.25, 0.3) is 0 Å². The molecule has 1 saturated carbocycles. The van der Waals surface area contributed by atoms with E-state index in [9.17, 15) is 5.11 Å². The van der Waals surface area contributed by atoms with E-state index in [2.05, 4.69) is 61.4 Å². The van der Waals surface area contributed by atoms with Crippen molar-refractivity contribution in [3.63, 3.8) is 0 Å². The van der Waals surface area contributed by atoms with Gasteiger partial charge in [-0.05, 0) is 57.0 Å². The van der Waals surface area contributed by atoms with Crippen molar-refractivity contribution in [2.24, 2.45) is 11.3 Å². The SMILES string of the molecule is CO[C@]12C=C[C@@]3(C[C@@H]1[C@@H](C)OCc1ccccc1)[C@H]1Cc4ccc(O)c5c4[C@@]3(CCN1C)[C@@H]2O5. The second-order valence-corrected chi connectivity index (χ2v) is 11.1. The van der Waals surface area contributed by atoms with Crippen LogP contribution >= 0.6 is 0 Å². The van der Waals surface area contributed by atoms with Gasteiger partial charge in [0.25, 0.3) is 0 Å². The standard InChI is InChI=1S/C29H33NO4/c1-18(33-17-19-7-5-4-6-8-19)21-16-27-11-12-29(21,32-3)26-28(27)13-14-30(2)23(27)15-20-9-10-22(31)25(34-26)24(20)28/h4-12,18,21,23,26,31H,13-17H2,1-3H3/t18-,21-,23-,26+,27-,28+,29-/m1/s1. The summed E-state index contributed by atoms with van der Waals surface area (Å²) < 4.78 is 19.8. The third-order valence-corrected chi connectivity index (χ3v) is 10.0. The first-order valence-electron chi connectivity index (χ1n) is 12.6. The highest BCUT2D eigenvalue weighted by Gasteiger charge is 2.79. The van der Waals surface area contributed by atoms with Crippen molar-refractivity contribution in [2.45, 2.75) is 62.1 Å². The molecular weight excluding hydrogens is 426 g/mol. The number of benzene rings is 2. The van der Waals surface area contributed by atoms with Gasteiger partial charge < -0.3 is 24.2 Å². The van der Waals surface area contributed by atoms with E-state index in [-0.39, 0.29) is 34.7 Å². The first-order chi connectivity index (χ1) is 16.5. The van der Waals surface area contributed by atoms with E-state index < -0.39 is 5.60 Å². The van der Waals surface area contributed by atoms with Crippen LogP contribution in [0.15, 0.2) is 54.6 Å².